The average molecular weight is 444 g/mol. The Labute approximate surface area is 181 Å². The summed E-state index contributed by atoms with van der Waals surface area (Å²) in [5, 5.41) is 12.1. The molecule has 2 aliphatic rings. The minimum Gasteiger partial charge on any atom is -0.508 e. The van der Waals surface area contributed by atoms with Gasteiger partial charge in [-0.3, -0.25) is 9.59 Å². The third-order valence-electron chi connectivity index (χ3n) is 5.75. The number of carbonyl (C=O) groups is 2. The number of carbonyl (C=O) groups excluding carboxylic acids is 2. The fraction of sp³-hybridized carbons (Fsp3) is 0.364. The summed E-state index contributed by atoms with van der Waals surface area (Å²) >= 11 is 0. The maximum atomic E-state index is 13.1. The van der Waals surface area contributed by atoms with Crippen LogP contribution >= 0.6 is 0 Å². The van der Waals surface area contributed by atoms with Gasteiger partial charge in [0.1, 0.15) is 5.75 Å². The summed E-state index contributed by atoms with van der Waals surface area (Å²) in [5.74, 6) is -0.547. The molecule has 2 saturated heterocycles. The summed E-state index contributed by atoms with van der Waals surface area (Å²) in [7, 11) is -3.74. The third-order valence-corrected chi connectivity index (χ3v) is 7.63. The molecule has 2 aliphatic heterocycles. The number of amides is 2. The van der Waals surface area contributed by atoms with Crippen molar-refractivity contribution in [3.8, 4) is 5.75 Å². The van der Waals surface area contributed by atoms with Gasteiger partial charge in [-0.15, -0.1) is 0 Å². The van der Waals surface area contributed by atoms with Crippen molar-refractivity contribution in [2.24, 2.45) is 5.92 Å². The van der Waals surface area contributed by atoms with Crippen LogP contribution in [0, 0.1) is 5.92 Å². The number of nitrogens with one attached hydrogen (secondary N) is 1. The van der Waals surface area contributed by atoms with Crippen LogP contribution in [-0.4, -0.2) is 49.3 Å². The van der Waals surface area contributed by atoms with Gasteiger partial charge < -0.3 is 15.3 Å². The molecular formula is C22H25N3O5S. The van der Waals surface area contributed by atoms with E-state index in [1.807, 2.05) is 0 Å². The van der Waals surface area contributed by atoms with Crippen LogP contribution in [0.1, 0.15) is 25.7 Å². The molecule has 2 N–H and O–H groups in total. The number of benzene rings is 2. The van der Waals surface area contributed by atoms with Crippen LogP contribution in [0.15, 0.2) is 53.4 Å². The second-order valence-electron chi connectivity index (χ2n) is 7.88. The molecule has 2 aromatic rings. The van der Waals surface area contributed by atoms with Crippen LogP contribution in [0.3, 0.4) is 0 Å². The normalized spacial score (nSPS) is 20.1. The second-order valence-corrected chi connectivity index (χ2v) is 9.82. The molecule has 31 heavy (non-hydrogen) atoms. The predicted octanol–water partition coefficient (Wildman–Crippen LogP) is 2.56. The van der Waals surface area contributed by atoms with Crippen molar-refractivity contribution in [3.63, 3.8) is 0 Å². The van der Waals surface area contributed by atoms with Crippen molar-refractivity contribution >= 4 is 33.2 Å². The number of phenolic OH excluding ortho intramolecular Hbond substituents is 1. The fourth-order valence-corrected chi connectivity index (χ4v) is 5.56. The number of sulfonamides is 1. The van der Waals surface area contributed by atoms with E-state index in [1.165, 1.54) is 28.6 Å². The largest absolute Gasteiger partial charge is 0.508 e. The monoisotopic (exact) mass is 443 g/mol. The molecule has 0 saturated carbocycles. The van der Waals surface area contributed by atoms with E-state index < -0.39 is 15.9 Å². The molecule has 0 radical (unpaired) electrons. The van der Waals surface area contributed by atoms with E-state index >= 15 is 0 Å². The number of piperidine rings is 1. The number of phenols is 1. The third kappa shape index (κ3) is 4.57. The van der Waals surface area contributed by atoms with Crippen molar-refractivity contribution in [1.29, 1.82) is 0 Å². The Kier molecular flexibility index (Phi) is 5.97. The van der Waals surface area contributed by atoms with Gasteiger partial charge in [0, 0.05) is 37.4 Å². The SMILES string of the molecule is O=C(Nc1ccc(O)cc1)C1CCCN(S(=O)(=O)c2ccc(N3CCCC3=O)cc2)C1. The van der Waals surface area contributed by atoms with Crippen LogP contribution in [0.5, 0.6) is 5.75 Å². The van der Waals surface area contributed by atoms with Gasteiger partial charge in [-0.1, -0.05) is 0 Å². The molecule has 164 valence electrons. The molecule has 0 spiro atoms. The molecule has 9 heteroatoms. The van der Waals surface area contributed by atoms with E-state index in [0.29, 0.717) is 43.7 Å². The zero-order chi connectivity index (χ0) is 22.0. The van der Waals surface area contributed by atoms with Gasteiger partial charge in [-0.05, 0) is 67.8 Å². The fourth-order valence-electron chi connectivity index (χ4n) is 4.03. The zero-order valence-electron chi connectivity index (χ0n) is 17.0. The zero-order valence-corrected chi connectivity index (χ0v) is 17.8. The molecule has 0 bridgehead atoms. The summed E-state index contributed by atoms with van der Waals surface area (Å²) in [5.41, 5.74) is 1.25. The maximum Gasteiger partial charge on any atom is 0.243 e. The Hall–Kier alpha value is -2.91. The average Bonchev–Trinajstić information content (AvgIpc) is 3.21. The van der Waals surface area contributed by atoms with Gasteiger partial charge in [-0.25, -0.2) is 8.42 Å². The first-order chi connectivity index (χ1) is 14.8. The minimum atomic E-state index is -3.74. The number of hydrogen-bond acceptors (Lipinski definition) is 5. The first-order valence-electron chi connectivity index (χ1n) is 10.3. The number of nitrogens with zero attached hydrogens (tertiary/aromatic N) is 2. The van der Waals surface area contributed by atoms with Gasteiger partial charge in [-0.2, -0.15) is 4.31 Å². The molecule has 2 fully saturated rings. The Morgan fingerprint density at radius 3 is 2.35 bits per heavy atom. The molecular weight excluding hydrogens is 418 g/mol. The van der Waals surface area contributed by atoms with Crippen molar-refractivity contribution < 1.29 is 23.1 Å². The first-order valence-corrected chi connectivity index (χ1v) is 11.8. The summed E-state index contributed by atoms with van der Waals surface area (Å²) in [4.78, 5) is 26.4. The Bertz CT molecular complexity index is 1070. The quantitative estimate of drug-likeness (QED) is 0.691. The van der Waals surface area contributed by atoms with Gasteiger partial charge in [0.15, 0.2) is 0 Å². The molecule has 1 atom stereocenters. The molecule has 2 heterocycles. The summed E-state index contributed by atoms with van der Waals surface area (Å²) in [6.07, 6.45) is 2.51. The van der Waals surface area contributed by atoms with Crippen LogP contribution in [0.4, 0.5) is 11.4 Å². The van der Waals surface area contributed by atoms with E-state index in [2.05, 4.69) is 5.32 Å². The molecule has 1 unspecified atom stereocenters. The Balaban J connectivity index is 1.44. The summed E-state index contributed by atoms with van der Waals surface area (Å²) in [6, 6.07) is 12.5. The Morgan fingerprint density at radius 2 is 1.71 bits per heavy atom. The highest BCUT2D eigenvalue weighted by atomic mass is 32.2. The van der Waals surface area contributed by atoms with Gasteiger partial charge in [0.25, 0.3) is 0 Å². The van der Waals surface area contributed by atoms with Crippen molar-refractivity contribution in [2.75, 3.05) is 29.9 Å². The van der Waals surface area contributed by atoms with Gasteiger partial charge in [0.2, 0.25) is 21.8 Å². The van der Waals surface area contributed by atoms with E-state index in [9.17, 15) is 23.1 Å². The molecule has 2 amide bonds. The van der Waals surface area contributed by atoms with E-state index in [-0.39, 0.29) is 29.0 Å². The molecule has 2 aromatic carbocycles. The molecule has 4 rings (SSSR count). The van der Waals surface area contributed by atoms with Crippen molar-refractivity contribution in [1.82, 2.24) is 4.31 Å². The number of hydrogen-bond donors (Lipinski definition) is 2. The molecule has 8 nitrogen and oxygen atoms in total. The van der Waals surface area contributed by atoms with Crippen LogP contribution < -0.4 is 10.2 Å². The van der Waals surface area contributed by atoms with E-state index in [4.69, 9.17) is 0 Å². The van der Waals surface area contributed by atoms with Crippen LogP contribution in [-0.2, 0) is 19.6 Å². The van der Waals surface area contributed by atoms with Crippen LogP contribution in [0.25, 0.3) is 0 Å². The first kappa shape index (κ1) is 21.3. The second kappa shape index (κ2) is 8.68. The van der Waals surface area contributed by atoms with E-state index in [1.54, 1.807) is 29.2 Å². The number of anilines is 2. The lowest BCUT2D eigenvalue weighted by Crippen LogP contribution is -2.43. The smallest absolute Gasteiger partial charge is 0.243 e. The Morgan fingerprint density at radius 1 is 1.00 bits per heavy atom. The summed E-state index contributed by atoms with van der Waals surface area (Å²) < 4.78 is 27.6. The number of rotatable bonds is 5. The lowest BCUT2D eigenvalue weighted by atomic mass is 9.99. The molecule has 0 aliphatic carbocycles. The molecule has 0 aromatic heterocycles. The highest BCUT2D eigenvalue weighted by molar-refractivity contribution is 7.89. The van der Waals surface area contributed by atoms with Gasteiger partial charge >= 0.3 is 0 Å². The van der Waals surface area contributed by atoms with Crippen LogP contribution in [0.2, 0.25) is 0 Å². The number of aromatic hydroxyl groups is 1. The topological polar surface area (TPSA) is 107 Å². The van der Waals surface area contributed by atoms with Crippen molar-refractivity contribution in [2.45, 2.75) is 30.6 Å². The maximum absolute atomic E-state index is 13.1. The lowest BCUT2D eigenvalue weighted by Gasteiger charge is -2.31. The minimum absolute atomic E-state index is 0.0501. The van der Waals surface area contributed by atoms with E-state index in [0.717, 1.165) is 6.42 Å². The lowest BCUT2D eigenvalue weighted by molar-refractivity contribution is -0.121. The van der Waals surface area contributed by atoms with Crippen molar-refractivity contribution in [3.05, 3.63) is 48.5 Å². The predicted molar refractivity (Wildman–Crippen MR) is 116 cm³/mol. The highest BCUT2D eigenvalue weighted by Gasteiger charge is 2.33. The van der Waals surface area contributed by atoms with Gasteiger partial charge in [0.05, 0.1) is 10.8 Å². The highest BCUT2D eigenvalue weighted by Crippen LogP contribution is 2.28. The standard InChI is InChI=1S/C22H25N3O5S/c26-19-9-5-17(6-10-19)23-22(28)16-3-1-13-24(15-16)31(29,30)20-11-7-18(8-12-20)25-14-2-4-21(25)27/h5-12,16,26H,1-4,13-15H2,(H,23,28). The summed E-state index contributed by atoms with van der Waals surface area (Å²) in [6.45, 7) is 1.12.